The average Bonchev–Trinajstić information content (AvgIpc) is 2.89. The summed E-state index contributed by atoms with van der Waals surface area (Å²) in [5, 5.41) is 2.79. The Morgan fingerprint density at radius 2 is 2.00 bits per heavy atom. The highest BCUT2D eigenvalue weighted by Crippen LogP contribution is 2.21. The molecule has 1 aliphatic heterocycles. The van der Waals surface area contributed by atoms with Gasteiger partial charge in [-0.05, 0) is 34.0 Å². The fraction of sp³-hybridized carbons (Fsp3) is 0.625. The number of nitrogens with zero attached hydrogens (tertiary/aromatic N) is 1. The molecule has 1 fully saturated rings. The highest BCUT2D eigenvalue weighted by Gasteiger charge is 2.31. The van der Waals surface area contributed by atoms with Crippen molar-refractivity contribution in [2.24, 2.45) is 5.92 Å². The normalized spacial score (nSPS) is 17.3. The number of rotatable bonds is 5. The van der Waals surface area contributed by atoms with E-state index in [-0.39, 0.29) is 17.7 Å². The summed E-state index contributed by atoms with van der Waals surface area (Å²) < 4.78 is 1.16. The van der Waals surface area contributed by atoms with Gasteiger partial charge in [0.05, 0.1) is 34.8 Å². The summed E-state index contributed by atoms with van der Waals surface area (Å²) in [6.45, 7) is 9.82. The van der Waals surface area contributed by atoms with Crippen LogP contribution in [0.25, 0.3) is 0 Å². The third-order valence-electron chi connectivity index (χ3n) is 4.13. The Bertz CT molecular complexity index is 553. The number of thiophene rings is 1. The number of nitrogens with one attached hydrogen (secondary N) is 2. The van der Waals surface area contributed by atoms with Crippen LogP contribution in [-0.2, 0) is 16.1 Å². The standard InChI is InChI=1S/C16H24BrN3O2S/c1-11(2)15(18-12(3)21)16(22)20-8-6-19(7-9-20)10-13-4-5-14(17)23-13/h4-5,11,15H,6-10H2,1-3H3,(H,18,21)/p+1/t15-/m0/s1. The van der Waals surface area contributed by atoms with E-state index in [0.717, 1.165) is 36.5 Å². The summed E-state index contributed by atoms with van der Waals surface area (Å²) in [5.41, 5.74) is 0. The van der Waals surface area contributed by atoms with Crippen molar-refractivity contribution >= 4 is 39.1 Å². The van der Waals surface area contributed by atoms with Crippen molar-refractivity contribution in [1.29, 1.82) is 0 Å². The van der Waals surface area contributed by atoms with Crippen molar-refractivity contribution < 1.29 is 14.5 Å². The zero-order valence-corrected chi connectivity index (χ0v) is 16.3. The number of amides is 2. The maximum absolute atomic E-state index is 12.6. The van der Waals surface area contributed by atoms with Crippen molar-refractivity contribution in [1.82, 2.24) is 10.2 Å². The largest absolute Gasteiger partial charge is 0.344 e. The first kappa shape index (κ1) is 18.4. The van der Waals surface area contributed by atoms with Crippen molar-refractivity contribution in [2.75, 3.05) is 26.2 Å². The van der Waals surface area contributed by atoms with E-state index in [2.05, 4.69) is 33.4 Å². The number of halogens is 1. The van der Waals surface area contributed by atoms with Gasteiger partial charge in [0.15, 0.2) is 0 Å². The van der Waals surface area contributed by atoms with E-state index in [9.17, 15) is 9.59 Å². The van der Waals surface area contributed by atoms with Crippen molar-refractivity contribution in [3.05, 3.63) is 20.8 Å². The Balaban J connectivity index is 1.87. The van der Waals surface area contributed by atoms with Crippen molar-refractivity contribution in [3.8, 4) is 0 Å². The summed E-state index contributed by atoms with van der Waals surface area (Å²) in [4.78, 5) is 28.7. The molecule has 2 N–H and O–H groups in total. The molecule has 2 amide bonds. The van der Waals surface area contributed by atoms with Gasteiger partial charge < -0.3 is 15.1 Å². The molecule has 0 bridgehead atoms. The van der Waals surface area contributed by atoms with E-state index in [0.29, 0.717) is 0 Å². The van der Waals surface area contributed by atoms with Gasteiger partial charge in [0.2, 0.25) is 11.8 Å². The molecule has 1 saturated heterocycles. The number of hydrogen-bond acceptors (Lipinski definition) is 3. The molecule has 7 heteroatoms. The fourth-order valence-electron chi connectivity index (χ4n) is 2.84. The molecular weight excluding hydrogens is 378 g/mol. The molecule has 0 aliphatic carbocycles. The maximum atomic E-state index is 12.6. The minimum atomic E-state index is -0.415. The van der Waals surface area contributed by atoms with Crippen LogP contribution in [0.2, 0.25) is 0 Å². The Labute approximate surface area is 150 Å². The molecule has 0 aromatic carbocycles. The van der Waals surface area contributed by atoms with Crippen LogP contribution < -0.4 is 10.2 Å². The van der Waals surface area contributed by atoms with Crippen molar-refractivity contribution in [2.45, 2.75) is 33.4 Å². The van der Waals surface area contributed by atoms with E-state index < -0.39 is 6.04 Å². The fourth-order valence-corrected chi connectivity index (χ4v) is 4.40. The van der Waals surface area contributed by atoms with E-state index in [1.807, 2.05) is 18.7 Å². The highest BCUT2D eigenvalue weighted by molar-refractivity contribution is 9.11. The van der Waals surface area contributed by atoms with Gasteiger partial charge in [-0.25, -0.2) is 0 Å². The van der Waals surface area contributed by atoms with Crippen LogP contribution in [-0.4, -0.2) is 48.9 Å². The first-order valence-electron chi connectivity index (χ1n) is 8.00. The molecule has 1 aliphatic rings. The van der Waals surface area contributed by atoms with Crippen LogP contribution in [0, 0.1) is 5.92 Å². The highest BCUT2D eigenvalue weighted by atomic mass is 79.9. The summed E-state index contributed by atoms with van der Waals surface area (Å²) >= 11 is 5.27. The monoisotopic (exact) mass is 402 g/mol. The van der Waals surface area contributed by atoms with Crippen LogP contribution in [0.3, 0.4) is 0 Å². The third-order valence-corrected chi connectivity index (χ3v) is 5.75. The molecule has 1 aromatic rings. The molecule has 0 saturated carbocycles. The Kier molecular flexibility index (Phi) is 6.61. The summed E-state index contributed by atoms with van der Waals surface area (Å²) in [7, 11) is 0. The minimum absolute atomic E-state index is 0.0492. The lowest BCUT2D eigenvalue weighted by Crippen LogP contribution is -3.13. The van der Waals surface area contributed by atoms with Crippen LogP contribution in [0.4, 0.5) is 0 Å². The predicted octanol–water partition coefficient (Wildman–Crippen LogP) is 0.898. The molecule has 0 radical (unpaired) electrons. The smallest absolute Gasteiger partial charge is 0.245 e. The van der Waals surface area contributed by atoms with Gasteiger partial charge in [-0.3, -0.25) is 9.59 Å². The Hall–Kier alpha value is -0.920. The third kappa shape index (κ3) is 5.29. The van der Waals surface area contributed by atoms with Gasteiger partial charge in [-0.2, -0.15) is 0 Å². The molecule has 2 rings (SSSR count). The lowest BCUT2D eigenvalue weighted by molar-refractivity contribution is -0.917. The molecule has 23 heavy (non-hydrogen) atoms. The predicted molar refractivity (Wildman–Crippen MR) is 95.4 cm³/mol. The Morgan fingerprint density at radius 1 is 1.35 bits per heavy atom. The van der Waals surface area contributed by atoms with Crippen LogP contribution in [0.15, 0.2) is 15.9 Å². The second kappa shape index (κ2) is 8.26. The lowest BCUT2D eigenvalue weighted by Gasteiger charge is -2.35. The topological polar surface area (TPSA) is 53.9 Å². The number of piperazine rings is 1. The Morgan fingerprint density at radius 3 is 2.48 bits per heavy atom. The van der Waals surface area contributed by atoms with Gasteiger partial charge in [-0.15, -0.1) is 11.3 Å². The van der Waals surface area contributed by atoms with Crippen LogP contribution in [0.1, 0.15) is 25.6 Å². The molecule has 5 nitrogen and oxygen atoms in total. The van der Waals surface area contributed by atoms with E-state index >= 15 is 0 Å². The molecule has 1 atom stereocenters. The zero-order valence-electron chi connectivity index (χ0n) is 13.9. The molecule has 2 heterocycles. The van der Waals surface area contributed by atoms with Crippen molar-refractivity contribution in [3.63, 3.8) is 0 Å². The minimum Gasteiger partial charge on any atom is -0.344 e. The first-order chi connectivity index (χ1) is 10.9. The number of hydrogen-bond donors (Lipinski definition) is 2. The average molecular weight is 403 g/mol. The molecule has 128 valence electrons. The van der Waals surface area contributed by atoms with Gasteiger partial charge >= 0.3 is 0 Å². The van der Waals surface area contributed by atoms with E-state index in [1.165, 1.54) is 16.7 Å². The number of quaternary nitrogens is 1. The lowest BCUT2D eigenvalue weighted by atomic mass is 10.0. The maximum Gasteiger partial charge on any atom is 0.245 e. The van der Waals surface area contributed by atoms with Crippen LogP contribution in [0.5, 0.6) is 0 Å². The second-order valence-electron chi connectivity index (χ2n) is 6.38. The molecular formula is C16H25BrN3O2S+. The van der Waals surface area contributed by atoms with Gasteiger partial charge in [0.25, 0.3) is 0 Å². The van der Waals surface area contributed by atoms with E-state index in [4.69, 9.17) is 0 Å². The zero-order chi connectivity index (χ0) is 17.0. The molecule has 0 unspecified atom stereocenters. The summed E-state index contributed by atoms with van der Waals surface area (Å²) in [6.07, 6.45) is 0. The SMILES string of the molecule is CC(=O)N[C@H](C(=O)N1CC[NH+](Cc2ccc(Br)s2)CC1)C(C)C. The van der Waals surface area contributed by atoms with Gasteiger partial charge in [0, 0.05) is 6.92 Å². The van der Waals surface area contributed by atoms with E-state index in [1.54, 1.807) is 11.3 Å². The van der Waals surface area contributed by atoms with Gasteiger partial charge in [-0.1, -0.05) is 13.8 Å². The summed E-state index contributed by atoms with van der Waals surface area (Å²) in [5.74, 6) is -0.00190. The number of carbonyl (C=O) groups is 2. The first-order valence-corrected chi connectivity index (χ1v) is 9.61. The van der Waals surface area contributed by atoms with Crippen LogP contribution >= 0.6 is 27.3 Å². The molecule has 0 spiro atoms. The second-order valence-corrected chi connectivity index (χ2v) is 8.93. The quantitative estimate of drug-likeness (QED) is 0.768. The molecule has 1 aromatic heterocycles. The summed E-state index contributed by atoms with van der Waals surface area (Å²) in [6, 6.07) is 3.83. The van der Waals surface area contributed by atoms with Gasteiger partial charge in [0.1, 0.15) is 12.6 Å². The number of carbonyl (C=O) groups excluding carboxylic acids is 2.